The van der Waals surface area contributed by atoms with Gasteiger partial charge < -0.3 is 4.74 Å². The molecule has 0 saturated carbocycles. The molecule has 106 valence electrons. The topological polar surface area (TPSA) is 22.1 Å². The first kappa shape index (κ1) is 14.2. The molecule has 0 atom stereocenters. The van der Waals surface area contributed by atoms with Crippen LogP contribution in [0.4, 0.5) is 0 Å². The van der Waals surface area contributed by atoms with Crippen molar-refractivity contribution in [1.29, 1.82) is 0 Å². The molecule has 1 heterocycles. The number of ether oxygens (including phenoxy) is 1. The predicted molar refractivity (Wildman–Crippen MR) is 87.3 cm³/mol. The molecule has 0 aliphatic carbocycles. The lowest BCUT2D eigenvalue weighted by Gasteiger charge is -2.10. The molecular weight excluding hydrogens is 305 g/mol. The van der Waals surface area contributed by atoms with E-state index >= 15 is 0 Å². The zero-order chi connectivity index (χ0) is 14.8. The van der Waals surface area contributed by atoms with E-state index in [1.54, 1.807) is 12.1 Å². The Morgan fingerprint density at radius 3 is 2.71 bits per heavy atom. The van der Waals surface area contributed by atoms with E-state index in [0.29, 0.717) is 16.7 Å². The fourth-order valence-corrected chi connectivity index (χ4v) is 2.59. The summed E-state index contributed by atoms with van der Waals surface area (Å²) in [4.78, 5) is 4.55. The minimum Gasteiger partial charge on any atom is -0.487 e. The monoisotopic (exact) mass is 317 g/mol. The van der Waals surface area contributed by atoms with Gasteiger partial charge in [-0.15, -0.1) is 0 Å². The van der Waals surface area contributed by atoms with Crippen LogP contribution in [0.3, 0.4) is 0 Å². The highest BCUT2D eigenvalue weighted by molar-refractivity contribution is 6.35. The molecule has 0 fully saturated rings. The van der Waals surface area contributed by atoms with E-state index in [1.165, 1.54) is 0 Å². The molecule has 3 aromatic rings. The highest BCUT2D eigenvalue weighted by Gasteiger charge is 2.06. The molecule has 2 aromatic carbocycles. The maximum Gasteiger partial charge on any atom is 0.146 e. The predicted octanol–water partition coefficient (Wildman–Crippen LogP) is 5.43. The molecule has 0 unspecified atom stereocenters. The van der Waals surface area contributed by atoms with Crippen molar-refractivity contribution < 1.29 is 4.74 Å². The van der Waals surface area contributed by atoms with Gasteiger partial charge in [0.1, 0.15) is 17.9 Å². The number of para-hydroxylation sites is 1. The molecule has 3 rings (SSSR count). The van der Waals surface area contributed by atoms with Crippen LogP contribution in [0, 0.1) is 6.92 Å². The van der Waals surface area contributed by atoms with E-state index in [0.717, 1.165) is 27.9 Å². The first-order chi connectivity index (χ1) is 10.1. The molecule has 0 spiro atoms. The van der Waals surface area contributed by atoms with Gasteiger partial charge in [0, 0.05) is 26.7 Å². The maximum absolute atomic E-state index is 6.16. The van der Waals surface area contributed by atoms with Gasteiger partial charge >= 0.3 is 0 Å². The Balaban J connectivity index is 1.90. The Morgan fingerprint density at radius 1 is 1.05 bits per heavy atom. The second-order valence-electron chi connectivity index (χ2n) is 4.80. The largest absolute Gasteiger partial charge is 0.487 e. The lowest BCUT2D eigenvalue weighted by molar-refractivity contribution is 0.309. The molecule has 0 aliphatic heterocycles. The first-order valence-electron chi connectivity index (χ1n) is 6.56. The van der Waals surface area contributed by atoms with Gasteiger partial charge in [-0.05, 0) is 31.2 Å². The molecule has 0 saturated heterocycles. The fourth-order valence-electron chi connectivity index (χ4n) is 2.13. The fraction of sp³-hybridized carbons (Fsp3) is 0.118. The summed E-state index contributed by atoms with van der Waals surface area (Å²) in [6, 6.07) is 15.3. The second kappa shape index (κ2) is 5.92. The average Bonchev–Trinajstić information content (AvgIpc) is 2.46. The Bertz CT molecular complexity index is 802. The number of halogens is 2. The van der Waals surface area contributed by atoms with Crippen LogP contribution in [-0.2, 0) is 6.61 Å². The molecule has 1 aromatic heterocycles. The van der Waals surface area contributed by atoms with Gasteiger partial charge in [0.05, 0.1) is 0 Å². The number of hydrogen-bond donors (Lipinski definition) is 0. The van der Waals surface area contributed by atoms with E-state index in [4.69, 9.17) is 27.9 Å². The van der Waals surface area contributed by atoms with Crippen LogP contribution in [0.2, 0.25) is 10.0 Å². The van der Waals surface area contributed by atoms with E-state index in [9.17, 15) is 0 Å². The summed E-state index contributed by atoms with van der Waals surface area (Å²) in [5.74, 6) is 0.752. The van der Waals surface area contributed by atoms with Crippen molar-refractivity contribution in [3.63, 3.8) is 0 Å². The van der Waals surface area contributed by atoms with Gasteiger partial charge in [0.15, 0.2) is 0 Å². The lowest BCUT2D eigenvalue weighted by atomic mass is 10.2. The normalized spacial score (nSPS) is 10.8. The summed E-state index contributed by atoms with van der Waals surface area (Å²) in [6.07, 6.45) is 0. The summed E-state index contributed by atoms with van der Waals surface area (Å²) < 4.78 is 5.89. The van der Waals surface area contributed by atoms with E-state index in [1.807, 2.05) is 43.3 Å². The van der Waals surface area contributed by atoms with Gasteiger partial charge in [-0.25, -0.2) is 4.98 Å². The van der Waals surface area contributed by atoms with Gasteiger partial charge in [-0.2, -0.15) is 0 Å². The van der Waals surface area contributed by atoms with Crippen LogP contribution in [0.1, 0.15) is 11.3 Å². The third-order valence-corrected chi connectivity index (χ3v) is 3.81. The van der Waals surface area contributed by atoms with Gasteiger partial charge in [0.25, 0.3) is 0 Å². The summed E-state index contributed by atoms with van der Waals surface area (Å²) in [5.41, 5.74) is 2.72. The van der Waals surface area contributed by atoms with Crippen LogP contribution in [0.25, 0.3) is 10.9 Å². The number of hydrogen-bond acceptors (Lipinski definition) is 2. The highest BCUT2D eigenvalue weighted by Crippen LogP contribution is 2.27. The van der Waals surface area contributed by atoms with Gasteiger partial charge in [0.2, 0.25) is 0 Å². The quantitative estimate of drug-likeness (QED) is 0.642. The number of rotatable bonds is 3. The first-order valence-corrected chi connectivity index (χ1v) is 7.32. The molecule has 2 nitrogen and oxygen atoms in total. The summed E-state index contributed by atoms with van der Waals surface area (Å²) in [6.45, 7) is 2.34. The van der Waals surface area contributed by atoms with Gasteiger partial charge in [-0.3, -0.25) is 0 Å². The van der Waals surface area contributed by atoms with Gasteiger partial charge in [-0.1, -0.05) is 47.5 Å². The Kier molecular flexibility index (Phi) is 4.00. The third-order valence-electron chi connectivity index (χ3n) is 3.22. The molecule has 21 heavy (non-hydrogen) atoms. The number of pyridine rings is 1. The number of aryl methyl sites for hydroxylation is 1. The number of nitrogens with zero attached hydrogens (tertiary/aromatic N) is 1. The Morgan fingerprint density at radius 2 is 1.90 bits per heavy atom. The minimum atomic E-state index is 0.380. The van der Waals surface area contributed by atoms with Crippen LogP contribution in [-0.4, -0.2) is 4.98 Å². The molecule has 0 N–H and O–H groups in total. The Labute approximate surface area is 133 Å². The van der Waals surface area contributed by atoms with Crippen molar-refractivity contribution in [2.75, 3.05) is 0 Å². The number of benzene rings is 2. The minimum absolute atomic E-state index is 0.380. The van der Waals surface area contributed by atoms with E-state index in [2.05, 4.69) is 4.98 Å². The zero-order valence-electron chi connectivity index (χ0n) is 11.4. The van der Waals surface area contributed by atoms with Crippen LogP contribution >= 0.6 is 23.2 Å². The van der Waals surface area contributed by atoms with Crippen LogP contribution < -0.4 is 4.74 Å². The highest BCUT2D eigenvalue weighted by atomic mass is 35.5. The van der Waals surface area contributed by atoms with E-state index in [-0.39, 0.29) is 0 Å². The number of aromatic nitrogens is 1. The summed E-state index contributed by atoms with van der Waals surface area (Å²) >= 11 is 12.1. The average molecular weight is 318 g/mol. The SMILES string of the molecule is Cc1ccc2cccc(OCc3ccc(Cl)cc3Cl)c2n1. The molecule has 0 amide bonds. The van der Waals surface area contributed by atoms with Crippen molar-refractivity contribution in [2.45, 2.75) is 13.5 Å². The van der Waals surface area contributed by atoms with Crippen molar-refractivity contribution >= 4 is 34.1 Å². The smallest absolute Gasteiger partial charge is 0.146 e. The van der Waals surface area contributed by atoms with Crippen molar-refractivity contribution in [3.05, 3.63) is 69.8 Å². The molecule has 0 aliphatic rings. The number of fused-ring (bicyclic) bond motifs is 1. The lowest BCUT2D eigenvalue weighted by Crippen LogP contribution is -1.98. The van der Waals surface area contributed by atoms with Crippen molar-refractivity contribution in [1.82, 2.24) is 4.98 Å². The van der Waals surface area contributed by atoms with Crippen molar-refractivity contribution in [3.8, 4) is 5.75 Å². The molecule has 0 radical (unpaired) electrons. The molecule has 0 bridgehead atoms. The standard InChI is InChI=1S/C17H13Cl2NO/c1-11-5-6-12-3-2-4-16(17(12)20-11)21-10-13-7-8-14(18)9-15(13)19/h2-9H,10H2,1H3. The van der Waals surface area contributed by atoms with Crippen molar-refractivity contribution in [2.24, 2.45) is 0 Å². The summed E-state index contributed by atoms with van der Waals surface area (Å²) in [5, 5.41) is 2.28. The molecular formula is C17H13Cl2NO. The van der Waals surface area contributed by atoms with Crippen LogP contribution in [0.15, 0.2) is 48.5 Å². The molecule has 4 heteroatoms. The summed E-state index contributed by atoms with van der Waals surface area (Å²) in [7, 11) is 0. The Hall–Kier alpha value is -1.77. The maximum atomic E-state index is 6.16. The zero-order valence-corrected chi connectivity index (χ0v) is 12.9. The van der Waals surface area contributed by atoms with E-state index < -0.39 is 0 Å². The third kappa shape index (κ3) is 3.12. The second-order valence-corrected chi connectivity index (χ2v) is 5.65. The van der Waals surface area contributed by atoms with Crippen LogP contribution in [0.5, 0.6) is 5.75 Å².